The van der Waals surface area contributed by atoms with E-state index in [1.807, 2.05) is 13.8 Å². The largest absolute Gasteiger partial charge is 0.427 e. The fraction of sp³-hybridized carbons (Fsp3) is 0.714. The molecule has 1 fully saturated rings. The predicted octanol–water partition coefficient (Wildman–Crippen LogP) is 5.72. The van der Waals surface area contributed by atoms with E-state index in [1.54, 1.807) is 20.8 Å². The summed E-state index contributed by atoms with van der Waals surface area (Å²) >= 11 is 0. The molecule has 22 heavy (non-hydrogen) atoms. The van der Waals surface area contributed by atoms with E-state index < -0.39 is 37.4 Å². The van der Waals surface area contributed by atoms with Gasteiger partial charge in [0.2, 0.25) is 0 Å². The van der Waals surface area contributed by atoms with Crippen molar-refractivity contribution >= 4 is 8.15 Å². The van der Waals surface area contributed by atoms with Crippen molar-refractivity contribution in [2.24, 2.45) is 0 Å². The molecule has 2 aliphatic rings. The quantitative estimate of drug-likeness (QED) is 0.436. The molecule has 1 atom stereocenters. The second-order valence-corrected chi connectivity index (χ2v) is 8.17. The third-order valence-corrected chi connectivity index (χ3v) is 8.13. The van der Waals surface area contributed by atoms with E-state index in [9.17, 15) is 26.3 Å². The van der Waals surface area contributed by atoms with E-state index in [0.29, 0.717) is 0 Å². The van der Waals surface area contributed by atoms with Gasteiger partial charge in [-0.3, -0.25) is 0 Å². The molecule has 0 aromatic heterocycles. The number of rotatable bonds is 1. The van der Waals surface area contributed by atoms with Crippen molar-refractivity contribution in [3.63, 3.8) is 0 Å². The molecule has 1 unspecified atom stereocenters. The van der Waals surface area contributed by atoms with Gasteiger partial charge in [0.25, 0.3) is 5.60 Å². The van der Waals surface area contributed by atoms with Crippen molar-refractivity contribution in [1.82, 2.24) is 0 Å². The molecular weight excluding hydrogens is 329 g/mol. The molecule has 8 heteroatoms. The number of hydrogen-bond acceptors (Lipinski definition) is 1. The van der Waals surface area contributed by atoms with Crippen LogP contribution in [0.5, 0.6) is 0 Å². The number of halogens is 6. The molecule has 2 rings (SSSR count). The standard InChI is InChI=1S/C14H17F6OP/c1-7-8(2)10(4)11(5,9(7)3)22-6-12(21-22,13(15,16)17)14(18,19)20/h6H2,1-5H3. The summed E-state index contributed by atoms with van der Waals surface area (Å²) in [5.41, 5.74) is -0.581. The number of allylic oxidation sites excluding steroid dienone is 4. The zero-order chi connectivity index (χ0) is 17.3. The maximum absolute atomic E-state index is 12.9. The first-order chi connectivity index (χ1) is 9.70. The zero-order valence-corrected chi connectivity index (χ0v) is 13.7. The highest BCUT2D eigenvalue weighted by Gasteiger charge is 2.80. The number of alkyl halides is 6. The average molecular weight is 346 g/mol. The molecule has 0 N–H and O–H groups in total. The van der Waals surface area contributed by atoms with Gasteiger partial charge in [-0.25, -0.2) is 0 Å². The second kappa shape index (κ2) is 4.73. The SMILES string of the molecule is CC1=C(C)C(C)(P2CC(C(F)(F)F)(C(F)(F)F)O2)C(C)=C1C. The summed E-state index contributed by atoms with van der Waals surface area (Å²) in [5, 5.41) is -0.858. The van der Waals surface area contributed by atoms with E-state index >= 15 is 0 Å². The highest BCUT2D eigenvalue weighted by atomic mass is 31.1. The lowest BCUT2D eigenvalue weighted by Gasteiger charge is -2.54. The Kier molecular flexibility index (Phi) is 3.83. The van der Waals surface area contributed by atoms with Crippen LogP contribution in [0.15, 0.2) is 22.3 Å². The molecule has 0 bridgehead atoms. The Balaban J connectivity index is 2.38. The van der Waals surface area contributed by atoms with Gasteiger partial charge >= 0.3 is 12.4 Å². The molecule has 0 radical (unpaired) electrons. The molecule has 0 aromatic rings. The van der Waals surface area contributed by atoms with Gasteiger partial charge in [-0.15, -0.1) is 0 Å². The average Bonchev–Trinajstić information content (AvgIpc) is 2.41. The van der Waals surface area contributed by atoms with Gasteiger partial charge in [-0.1, -0.05) is 11.1 Å². The highest BCUT2D eigenvalue weighted by Crippen LogP contribution is 2.75. The Bertz CT molecular complexity index is 523. The van der Waals surface area contributed by atoms with Crippen molar-refractivity contribution in [2.75, 3.05) is 6.16 Å². The molecule has 0 aromatic carbocycles. The van der Waals surface area contributed by atoms with Crippen LogP contribution in [0.4, 0.5) is 26.3 Å². The monoisotopic (exact) mass is 346 g/mol. The third-order valence-electron chi connectivity index (χ3n) is 5.19. The molecule has 1 aliphatic heterocycles. The summed E-state index contributed by atoms with van der Waals surface area (Å²) in [6.07, 6.45) is -12.0. The second-order valence-electron chi connectivity index (χ2n) is 6.02. The molecule has 0 spiro atoms. The van der Waals surface area contributed by atoms with Gasteiger partial charge in [0.15, 0.2) is 0 Å². The fourth-order valence-corrected chi connectivity index (χ4v) is 5.94. The lowest BCUT2D eigenvalue weighted by Crippen LogP contribution is -2.66. The molecule has 0 saturated carbocycles. The third kappa shape index (κ3) is 2.01. The summed E-state index contributed by atoms with van der Waals surface area (Å²) in [7, 11) is -1.89. The van der Waals surface area contributed by atoms with Crippen molar-refractivity contribution < 1.29 is 30.9 Å². The minimum atomic E-state index is -5.46. The molecule has 1 nitrogen and oxygen atoms in total. The summed E-state index contributed by atoms with van der Waals surface area (Å²) in [5.74, 6) is 0. The van der Waals surface area contributed by atoms with Gasteiger partial charge in [0, 0.05) is 14.3 Å². The van der Waals surface area contributed by atoms with Crippen LogP contribution in [0.25, 0.3) is 0 Å². The Labute approximate surface area is 126 Å². The van der Waals surface area contributed by atoms with E-state index in [-0.39, 0.29) is 0 Å². The summed E-state index contributed by atoms with van der Waals surface area (Å²) in [6.45, 7) is 8.84. The van der Waals surface area contributed by atoms with Crippen molar-refractivity contribution in [3.05, 3.63) is 22.3 Å². The van der Waals surface area contributed by atoms with Crippen LogP contribution in [0.2, 0.25) is 0 Å². The predicted molar refractivity (Wildman–Crippen MR) is 72.9 cm³/mol. The Morgan fingerprint density at radius 1 is 0.864 bits per heavy atom. The summed E-state index contributed by atoms with van der Waals surface area (Å²) in [6, 6.07) is 0. The number of hydrogen-bond donors (Lipinski definition) is 0. The first kappa shape index (κ1) is 17.8. The molecule has 126 valence electrons. The lowest BCUT2D eigenvalue weighted by molar-refractivity contribution is -0.360. The maximum atomic E-state index is 12.9. The van der Waals surface area contributed by atoms with Crippen molar-refractivity contribution in [1.29, 1.82) is 0 Å². The summed E-state index contributed by atoms with van der Waals surface area (Å²) < 4.78 is 82.2. The maximum Gasteiger partial charge on any atom is 0.427 e. The highest BCUT2D eigenvalue weighted by molar-refractivity contribution is 7.56. The minimum Gasteiger partial charge on any atom is -0.333 e. The van der Waals surface area contributed by atoms with Gasteiger partial charge < -0.3 is 4.52 Å². The van der Waals surface area contributed by atoms with Gasteiger partial charge in [-0.2, -0.15) is 26.3 Å². The smallest absolute Gasteiger partial charge is 0.333 e. The minimum absolute atomic E-state index is 0.798. The van der Waals surface area contributed by atoms with E-state index in [0.717, 1.165) is 22.3 Å². The van der Waals surface area contributed by atoms with Crippen LogP contribution in [-0.4, -0.2) is 29.3 Å². The van der Waals surface area contributed by atoms with Crippen LogP contribution in [0, 0.1) is 0 Å². The lowest BCUT2D eigenvalue weighted by atomic mass is 9.98. The Hall–Kier alpha value is -0.550. The van der Waals surface area contributed by atoms with Crippen molar-refractivity contribution in [2.45, 2.75) is 57.7 Å². The zero-order valence-electron chi connectivity index (χ0n) is 12.8. The van der Waals surface area contributed by atoms with Gasteiger partial charge in [0.05, 0.1) is 5.16 Å². The normalized spacial score (nSPS) is 28.2. The van der Waals surface area contributed by atoms with E-state index in [1.165, 1.54) is 0 Å². The van der Waals surface area contributed by atoms with Crippen LogP contribution in [0.3, 0.4) is 0 Å². The molecule has 0 amide bonds. The molecular formula is C14H17F6OP. The Morgan fingerprint density at radius 3 is 1.45 bits per heavy atom. The van der Waals surface area contributed by atoms with Crippen LogP contribution >= 0.6 is 8.15 Å². The van der Waals surface area contributed by atoms with Gasteiger partial charge in [0.1, 0.15) is 0 Å². The van der Waals surface area contributed by atoms with E-state index in [2.05, 4.69) is 4.52 Å². The van der Waals surface area contributed by atoms with Crippen molar-refractivity contribution in [3.8, 4) is 0 Å². The van der Waals surface area contributed by atoms with Crippen LogP contribution < -0.4 is 0 Å². The first-order valence-corrected chi connectivity index (χ1v) is 8.11. The molecule has 1 heterocycles. The fourth-order valence-electron chi connectivity index (χ4n) is 3.02. The molecule has 1 saturated heterocycles. The summed E-state index contributed by atoms with van der Waals surface area (Å²) in [4.78, 5) is 0. The Morgan fingerprint density at radius 2 is 1.18 bits per heavy atom. The van der Waals surface area contributed by atoms with Crippen LogP contribution in [0.1, 0.15) is 34.6 Å². The van der Waals surface area contributed by atoms with E-state index in [4.69, 9.17) is 0 Å². The topological polar surface area (TPSA) is 9.23 Å². The molecule has 1 aliphatic carbocycles. The van der Waals surface area contributed by atoms with Gasteiger partial charge in [-0.05, 0) is 45.8 Å². The first-order valence-electron chi connectivity index (χ1n) is 6.66. The van der Waals surface area contributed by atoms with Crippen LogP contribution in [-0.2, 0) is 4.52 Å².